The van der Waals surface area contributed by atoms with Crippen molar-refractivity contribution in [1.29, 1.82) is 0 Å². The van der Waals surface area contributed by atoms with E-state index in [9.17, 15) is 35.9 Å². The quantitative estimate of drug-likeness (QED) is 0.246. The number of pyridine rings is 1. The van der Waals surface area contributed by atoms with Gasteiger partial charge in [0.15, 0.2) is 5.54 Å². The Hall–Kier alpha value is -4.35. The van der Waals surface area contributed by atoms with Crippen LogP contribution in [-0.2, 0) is 10.3 Å². The predicted molar refractivity (Wildman–Crippen MR) is 138 cm³/mol. The molecule has 0 spiro atoms. The lowest BCUT2D eigenvalue weighted by molar-refractivity contribution is -0.201. The van der Waals surface area contributed by atoms with E-state index in [4.69, 9.17) is 4.74 Å². The number of amides is 2. The Morgan fingerprint density at radius 3 is 2.29 bits per heavy atom. The van der Waals surface area contributed by atoms with Crippen LogP contribution >= 0.6 is 0 Å². The van der Waals surface area contributed by atoms with E-state index in [2.05, 4.69) is 15.6 Å². The molecule has 2 amide bonds. The van der Waals surface area contributed by atoms with Crippen molar-refractivity contribution >= 4 is 17.4 Å². The molecule has 2 aromatic carbocycles. The third-order valence-electron chi connectivity index (χ3n) is 6.56. The minimum atomic E-state index is -4.98. The molecule has 3 aromatic rings. The van der Waals surface area contributed by atoms with E-state index < -0.39 is 42.5 Å². The van der Waals surface area contributed by atoms with Crippen LogP contribution in [0.25, 0.3) is 5.57 Å². The second-order valence-electron chi connectivity index (χ2n) is 9.54. The Labute approximate surface area is 231 Å². The van der Waals surface area contributed by atoms with E-state index in [0.717, 1.165) is 17.7 Å². The molecule has 1 unspecified atom stereocenters. The monoisotopic (exact) mass is 577 g/mol. The van der Waals surface area contributed by atoms with Gasteiger partial charge in [0.25, 0.3) is 11.8 Å². The maximum Gasteiger partial charge on any atom is 0.416 e. The largest absolute Gasteiger partial charge is 0.494 e. The van der Waals surface area contributed by atoms with Gasteiger partial charge in [0, 0.05) is 25.2 Å². The number of hydrogen-bond donors (Lipinski definition) is 2. The Kier molecular flexibility index (Phi) is 8.41. The number of hydrogen-bond acceptors (Lipinski definition) is 4. The summed E-state index contributed by atoms with van der Waals surface area (Å²) in [5.74, 6) is -1.79. The van der Waals surface area contributed by atoms with E-state index in [-0.39, 0.29) is 41.2 Å². The zero-order chi connectivity index (χ0) is 29.8. The Morgan fingerprint density at radius 2 is 1.71 bits per heavy atom. The highest BCUT2D eigenvalue weighted by Gasteiger charge is 2.59. The summed E-state index contributed by atoms with van der Waals surface area (Å²) in [6, 6.07) is 14.1. The minimum Gasteiger partial charge on any atom is -0.494 e. The van der Waals surface area contributed by atoms with Crippen LogP contribution in [0.15, 0.2) is 78.8 Å². The lowest BCUT2D eigenvalue weighted by Gasteiger charge is -2.41. The maximum atomic E-state index is 14.9. The fourth-order valence-electron chi connectivity index (χ4n) is 4.41. The molecular weight excluding hydrogens is 552 g/mol. The molecule has 1 aliphatic rings. The third kappa shape index (κ3) is 6.87. The highest BCUT2D eigenvalue weighted by molar-refractivity contribution is 6.09. The van der Waals surface area contributed by atoms with E-state index in [0.29, 0.717) is 5.56 Å². The molecule has 2 heterocycles. The van der Waals surface area contributed by atoms with Crippen LogP contribution < -0.4 is 15.4 Å². The van der Waals surface area contributed by atoms with Gasteiger partial charge >= 0.3 is 12.4 Å². The number of ether oxygens (including phenoxy) is 1. The van der Waals surface area contributed by atoms with Crippen LogP contribution in [0, 0.1) is 6.92 Å². The van der Waals surface area contributed by atoms with Crippen LogP contribution in [0.3, 0.4) is 0 Å². The number of benzene rings is 2. The highest BCUT2D eigenvalue weighted by Crippen LogP contribution is 2.48. The zero-order valence-corrected chi connectivity index (χ0v) is 21.7. The number of halogens is 6. The lowest BCUT2D eigenvalue weighted by Crippen LogP contribution is -2.60. The number of nitrogens with zero attached hydrogens (tertiary/aromatic N) is 1. The fourth-order valence-corrected chi connectivity index (χ4v) is 4.41. The van der Waals surface area contributed by atoms with Crippen molar-refractivity contribution in [2.45, 2.75) is 44.1 Å². The topological polar surface area (TPSA) is 80.3 Å². The van der Waals surface area contributed by atoms with Gasteiger partial charge in [-0.05, 0) is 54.3 Å². The van der Waals surface area contributed by atoms with Crippen LogP contribution in [-0.4, -0.2) is 35.8 Å². The Bertz CT molecular complexity index is 1420. The maximum absolute atomic E-state index is 14.9. The first-order valence-electron chi connectivity index (χ1n) is 12.5. The van der Waals surface area contributed by atoms with Crippen LogP contribution in [0.4, 0.5) is 26.3 Å². The Morgan fingerprint density at radius 1 is 1.02 bits per heavy atom. The molecule has 0 saturated heterocycles. The Balaban J connectivity index is 1.70. The average Bonchev–Trinajstić information content (AvgIpc) is 2.92. The number of aromatic nitrogens is 1. The molecule has 4 rings (SSSR count). The molecular formula is C29H25F6N3O3. The highest BCUT2D eigenvalue weighted by atomic mass is 19.4. The molecule has 0 saturated carbocycles. The van der Waals surface area contributed by atoms with Crippen LogP contribution in [0.5, 0.6) is 5.75 Å². The molecule has 2 N–H and O–H groups in total. The first-order chi connectivity index (χ1) is 19.3. The fraction of sp³-hybridized carbons (Fsp3) is 0.276. The number of carbonyl (C=O) groups excluding carboxylic acids is 2. The predicted octanol–water partition coefficient (Wildman–Crippen LogP) is 6.23. The van der Waals surface area contributed by atoms with Gasteiger partial charge in [0.2, 0.25) is 0 Å². The molecule has 6 nitrogen and oxygen atoms in total. The summed E-state index contributed by atoms with van der Waals surface area (Å²) in [6.07, 6.45) is -8.74. The minimum absolute atomic E-state index is 0.0317. The number of rotatable bonds is 8. The van der Waals surface area contributed by atoms with Crippen molar-refractivity contribution in [3.8, 4) is 5.75 Å². The summed E-state index contributed by atoms with van der Waals surface area (Å²) in [4.78, 5) is 30.1. The number of alkyl halides is 6. The van der Waals surface area contributed by atoms with Crippen molar-refractivity contribution in [1.82, 2.24) is 15.6 Å². The van der Waals surface area contributed by atoms with Crippen molar-refractivity contribution in [2.24, 2.45) is 0 Å². The molecule has 41 heavy (non-hydrogen) atoms. The molecule has 0 fully saturated rings. The molecule has 0 bridgehead atoms. The summed E-state index contributed by atoms with van der Waals surface area (Å²) >= 11 is 0. The van der Waals surface area contributed by atoms with E-state index in [1.54, 1.807) is 31.2 Å². The second kappa shape index (κ2) is 11.6. The van der Waals surface area contributed by atoms with E-state index in [1.165, 1.54) is 36.7 Å². The number of aryl methyl sites for hydroxylation is 1. The summed E-state index contributed by atoms with van der Waals surface area (Å²) in [5, 5.41) is 4.53. The number of carbonyl (C=O) groups is 2. The summed E-state index contributed by atoms with van der Waals surface area (Å²) in [5.41, 5.74) is -2.30. The van der Waals surface area contributed by atoms with Crippen LogP contribution in [0.2, 0.25) is 0 Å². The SMILES string of the molecule is Cc1ccc(C2=C(NC(=O)c3cccnc3)C(=O)NC(c3ccc(OCCCC(F)(F)F)cc3)(C(F)(F)F)C2)cc1. The molecule has 216 valence electrons. The molecule has 0 aliphatic carbocycles. The smallest absolute Gasteiger partial charge is 0.416 e. The number of nitrogens with one attached hydrogen (secondary N) is 2. The van der Waals surface area contributed by atoms with Gasteiger partial charge in [-0.15, -0.1) is 0 Å². The van der Waals surface area contributed by atoms with Crippen molar-refractivity contribution in [3.05, 3.63) is 101 Å². The first kappa shape index (κ1) is 29.6. The van der Waals surface area contributed by atoms with E-state index in [1.807, 2.05) is 0 Å². The van der Waals surface area contributed by atoms with Crippen LogP contribution in [0.1, 0.15) is 46.3 Å². The van der Waals surface area contributed by atoms with Gasteiger partial charge in [0.1, 0.15) is 11.4 Å². The lowest BCUT2D eigenvalue weighted by atomic mass is 9.77. The third-order valence-corrected chi connectivity index (χ3v) is 6.56. The van der Waals surface area contributed by atoms with E-state index >= 15 is 0 Å². The molecule has 1 aliphatic heterocycles. The van der Waals surface area contributed by atoms with Gasteiger partial charge in [0.05, 0.1) is 12.2 Å². The van der Waals surface area contributed by atoms with Gasteiger partial charge in [-0.2, -0.15) is 26.3 Å². The van der Waals surface area contributed by atoms with Gasteiger partial charge < -0.3 is 15.4 Å². The molecule has 1 atom stereocenters. The van der Waals surface area contributed by atoms with Gasteiger partial charge in [-0.1, -0.05) is 42.0 Å². The average molecular weight is 578 g/mol. The zero-order valence-electron chi connectivity index (χ0n) is 21.7. The summed E-state index contributed by atoms with van der Waals surface area (Å²) in [7, 11) is 0. The standard InChI is InChI=1S/C29H25F6N3O3/c1-18-5-7-19(8-6-18)23-16-27(29(33,34)35,21-9-11-22(12-10-21)41-15-3-13-28(30,31)32)38-26(40)24(23)37-25(39)20-4-2-14-36-17-20/h2,4-12,14,17H,3,13,15-16H2,1H3,(H,37,39)(H,38,40). The molecule has 12 heteroatoms. The van der Waals surface area contributed by atoms with Gasteiger partial charge in [-0.3, -0.25) is 14.6 Å². The molecule has 0 radical (unpaired) electrons. The van der Waals surface area contributed by atoms with Crippen molar-refractivity contribution in [3.63, 3.8) is 0 Å². The summed E-state index contributed by atoms with van der Waals surface area (Å²) < 4.78 is 86.9. The second-order valence-corrected chi connectivity index (χ2v) is 9.54. The summed E-state index contributed by atoms with van der Waals surface area (Å²) in [6.45, 7) is 1.52. The molecule has 1 aromatic heterocycles. The van der Waals surface area contributed by atoms with Crippen molar-refractivity contribution in [2.75, 3.05) is 6.61 Å². The van der Waals surface area contributed by atoms with Crippen molar-refractivity contribution < 1.29 is 40.7 Å². The van der Waals surface area contributed by atoms with Gasteiger partial charge in [-0.25, -0.2) is 0 Å². The normalized spacial score (nSPS) is 17.7. The first-order valence-corrected chi connectivity index (χ1v) is 12.5.